The lowest BCUT2D eigenvalue weighted by Gasteiger charge is -2.30. The summed E-state index contributed by atoms with van der Waals surface area (Å²) in [6.07, 6.45) is 9.10. The number of imidazole rings is 1. The van der Waals surface area contributed by atoms with Crippen LogP contribution in [-0.4, -0.2) is 9.55 Å². The van der Waals surface area contributed by atoms with Crippen LogP contribution < -0.4 is 5.73 Å². The highest BCUT2D eigenvalue weighted by molar-refractivity contribution is 5.05. The van der Waals surface area contributed by atoms with E-state index in [4.69, 9.17) is 5.73 Å². The van der Waals surface area contributed by atoms with E-state index < -0.39 is 0 Å². The van der Waals surface area contributed by atoms with E-state index in [1.165, 1.54) is 25.7 Å². The highest BCUT2D eigenvalue weighted by Gasteiger charge is 2.26. The van der Waals surface area contributed by atoms with E-state index in [2.05, 4.69) is 11.9 Å². The van der Waals surface area contributed by atoms with Crippen molar-refractivity contribution >= 4 is 0 Å². The summed E-state index contributed by atoms with van der Waals surface area (Å²) in [6.45, 7) is 2.33. The minimum atomic E-state index is 0.133. The predicted octanol–water partition coefficient (Wildman–Crippen LogP) is 2.25. The SMILES string of the molecule is CC1CCCC(C(N)c2cn(C)cn2)C1. The first-order chi connectivity index (χ1) is 7.16. The van der Waals surface area contributed by atoms with Crippen LogP contribution in [0.25, 0.3) is 0 Å². The van der Waals surface area contributed by atoms with Crippen LogP contribution in [0.2, 0.25) is 0 Å². The van der Waals surface area contributed by atoms with Gasteiger partial charge in [0.1, 0.15) is 0 Å². The maximum Gasteiger partial charge on any atom is 0.0947 e. The van der Waals surface area contributed by atoms with Crippen molar-refractivity contribution in [1.29, 1.82) is 0 Å². The van der Waals surface area contributed by atoms with Crippen LogP contribution in [0.4, 0.5) is 0 Å². The monoisotopic (exact) mass is 207 g/mol. The summed E-state index contributed by atoms with van der Waals surface area (Å²) in [6, 6.07) is 0.133. The summed E-state index contributed by atoms with van der Waals surface area (Å²) >= 11 is 0. The van der Waals surface area contributed by atoms with Crippen molar-refractivity contribution in [2.45, 2.75) is 38.6 Å². The van der Waals surface area contributed by atoms with Gasteiger partial charge in [-0.15, -0.1) is 0 Å². The summed E-state index contributed by atoms with van der Waals surface area (Å²) < 4.78 is 1.97. The number of nitrogens with zero attached hydrogens (tertiary/aromatic N) is 2. The van der Waals surface area contributed by atoms with Crippen LogP contribution in [-0.2, 0) is 7.05 Å². The van der Waals surface area contributed by atoms with Gasteiger partial charge in [-0.25, -0.2) is 4.98 Å². The number of rotatable bonds is 2. The van der Waals surface area contributed by atoms with Crippen LogP contribution >= 0.6 is 0 Å². The maximum atomic E-state index is 6.27. The van der Waals surface area contributed by atoms with E-state index in [1.807, 2.05) is 24.1 Å². The van der Waals surface area contributed by atoms with E-state index in [9.17, 15) is 0 Å². The molecule has 1 heterocycles. The standard InChI is InChI=1S/C12H21N3/c1-9-4-3-5-10(6-9)12(13)11-7-15(2)8-14-11/h7-10,12H,3-6,13H2,1-2H3. The average molecular weight is 207 g/mol. The zero-order valence-corrected chi connectivity index (χ0v) is 9.69. The fourth-order valence-electron chi connectivity index (χ4n) is 2.65. The van der Waals surface area contributed by atoms with Crippen molar-refractivity contribution in [3.8, 4) is 0 Å². The molecule has 3 heteroatoms. The van der Waals surface area contributed by atoms with Crippen molar-refractivity contribution in [1.82, 2.24) is 9.55 Å². The van der Waals surface area contributed by atoms with Crippen molar-refractivity contribution in [2.24, 2.45) is 24.6 Å². The molecular weight excluding hydrogens is 186 g/mol. The molecule has 0 spiro atoms. The molecule has 0 aliphatic heterocycles. The lowest BCUT2D eigenvalue weighted by atomic mass is 9.78. The minimum Gasteiger partial charge on any atom is -0.340 e. The van der Waals surface area contributed by atoms with Crippen molar-refractivity contribution in [2.75, 3.05) is 0 Å². The summed E-state index contributed by atoms with van der Waals surface area (Å²) in [5.74, 6) is 1.46. The van der Waals surface area contributed by atoms with Gasteiger partial charge in [-0.05, 0) is 24.7 Å². The molecule has 0 amide bonds. The highest BCUT2D eigenvalue weighted by Crippen LogP contribution is 2.35. The Hall–Kier alpha value is -0.830. The Kier molecular flexibility index (Phi) is 3.10. The van der Waals surface area contributed by atoms with Gasteiger partial charge in [0.2, 0.25) is 0 Å². The first-order valence-electron chi connectivity index (χ1n) is 5.90. The third kappa shape index (κ3) is 2.40. The molecule has 1 aliphatic rings. The quantitative estimate of drug-likeness (QED) is 0.808. The summed E-state index contributed by atoms with van der Waals surface area (Å²) in [4.78, 5) is 4.35. The molecule has 3 unspecified atom stereocenters. The molecule has 3 nitrogen and oxygen atoms in total. The van der Waals surface area contributed by atoms with Crippen LogP contribution in [0.5, 0.6) is 0 Å². The molecule has 1 aromatic heterocycles. The maximum absolute atomic E-state index is 6.27. The third-order valence-corrected chi connectivity index (χ3v) is 3.55. The molecule has 0 bridgehead atoms. The van der Waals surface area contributed by atoms with Crippen LogP contribution in [0.15, 0.2) is 12.5 Å². The summed E-state index contributed by atoms with van der Waals surface area (Å²) in [5, 5.41) is 0. The number of aryl methyl sites for hydroxylation is 1. The van der Waals surface area contributed by atoms with Gasteiger partial charge in [-0.1, -0.05) is 19.8 Å². The normalized spacial score (nSPS) is 29.0. The predicted molar refractivity (Wildman–Crippen MR) is 61.3 cm³/mol. The Morgan fingerprint density at radius 1 is 1.53 bits per heavy atom. The Balaban J connectivity index is 2.03. The zero-order valence-electron chi connectivity index (χ0n) is 9.69. The number of hydrogen-bond donors (Lipinski definition) is 1. The first kappa shape index (κ1) is 10.7. The molecule has 0 saturated heterocycles. The zero-order chi connectivity index (χ0) is 10.8. The van der Waals surface area contributed by atoms with E-state index in [0.29, 0.717) is 5.92 Å². The van der Waals surface area contributed by atoms with Gasteiger partial charge in [-0.3, -0.25) is 0 Å². The lowest BCUT2D eigenvalue weighted by Crippen LogP contribution is -2.26. The number of nitrogens with two attached hydrogens (primary N) is 1. The van der Waals surface area contributed by atoms with Gasteiger partial charge in [0, 0.05) is 13.2 Å². The molecule has 84 valence electrons. The molecule has 1 fully saturated rings. The number of aromatic nitrogens is 2. The van der Waals surface area contributed by atoms with Gasteiger partial charge in [0.15, 0.2) is 0 Å². The van der Waals surface area contributed by atoms with Gasteiger partial charge >= 0.3 is 0 Å². The average Bonchev–Trinajstić information content (AvgIpc) is 2.64. The third-order valence-electron chi connectivity index (χ3n) is 3.55. The Morgan fingerprint density at radius 3 is 2.93 bits per heavy atom. The topological polar surface area (TPSA) is 43.8 Å². The van der Waals surface area contributed by atoms with Crippen LogP contribution in [0, 0.1) is 11.8 Å². The largest absolute Gasteiger partial charge is 0.340 e. The van der Waals surface area contributed by atoms with Crippen molar-refractivity contribution in [3.63, 3.8) is 0 Å². The van der Waals surface area contributed by atoms with Crippen molar-refractivity contribution < 1.29 is 0 Å². The molecule has 1 aliphatic carbocycles. The number of hydrogen-bond acceptors (Lipinski definition) is 2. The molecule has 15 heavy (non-hydrogen) atoms. The second-order valence-electron chi connectivity index (χ2n) is 5.02. The molecule has 2 N–H and O–H groups in total. The Labute approximate surface area is 91.7 Å². The highest BCUT2D eigenvalue weighted by atomic mass is 15.0. The van der Waals surface area contributed by atoms with Gasteiger partial charge in [-0.2, -0.15) is 0 Å². The Bertz CT molecular complexity index is 318. The van der Waals surface area contributed by atoms with Crippen LogP contribution in [0.1, 0.15) is 44.3 Å². The molecular formula is C12H21N3. The van der Waals surface area contributed by atoms with Gasteiger partial charge < -0.3 is 10.3 Å². The fourth-order valence-corrected chi connectivity index (χ4v) is 2.65. The molecule has 0 aromatic carbocycles. The summed E-state index contributed by atoms with van der Waals surface area (Å²) in [5.41, 5.74) is 7.32. The second-order valence-corrected chi connectivity index (χ2v) is 5.02. The Morgan fingerprint density at radius 2 is 2.33 bits per heavy atom. The van der Waals surface area contributed by atoms with Crippen LogP contribution in [0.3, 0.4) is 0 Å². The van der Waals surface area contributed by atoms with Crippen molar-refractivity contribution in [3.05, 3.63) is 18.2 Å². The smallest absolute Gasteiger partial charge is 0.0947 e. The molecule has 3 atom stereocenters. The van der Waals surface area contributed by atoms with E-state index in [1.54, 1.807) is 0 Å². The molecule has 0 radical (unpaired) electrons. The first-order valence-corrected chi connectivity index (χ1v) is 5.90. The van der Waals surface area contributed by atoms with E-state index in [0.717, 1.165) is 11.6 Å². The minimum absolute atomic E-state index is 0.133. The summed E-state index contributed by atoms with van der Waals surface area (Å²) in [7, 11) is 1.99. The second kappa shape index (κ2) is 4.35. The van der Waals surface area contributed by atoms with Gasteiger partial charge in [0.25, 0.3) is 0 Å². The lowest BCUT2D eigenvalue weighted by molar-refractivity contribution is 0.246. The van der Waals surface area contributed by atoms with E-state index >= 15 is 0 Å². The van der Waals surface area contributed by atoms with E-state index in [-0.39, 0.29) is 6.04 Å². The fraction of sp³-hybridized carbons (Fsp3) is 0.750. The van der Waals surface area contributed by atoms with Gasteiger partial charge in [0.05, 0.1) is 18.1 Å². The molecule has 1 saturated carbocycles. The molecule has 2 rings (SSSR count). The molecule has 1 aromatic rings.